The molecule has 0 spiro atoms. The van der Waals surface area contributed by atoms with Crippen molar-refractivity contribution < 1.29 is 4.79 Å². The fourth-order valence-corrected chi connectivity index (χ4v) is 2.70. The minimum Gasteiger partial charge on any atom is -0.376 e. The van der Waals surface area contributed by atoms with Crippen molar-refractivity contribution in [3.8, 4) is 0 Å². The van der Waals surface area contributed by atoms with Gasteiger partial charge in [0, 0.05) is 22.4 Å². The number of fused-ring (bicyclic) bond motifs is 1. The quantitative estimate of drug-likeness (QED) is 0.934. The third-order valence-corrected chi connectivity index (χ3v) is 4.00. The lowest BCUT2D eigenvalue weighted by Gasteiger charge is -2.18. The first-order valence-electron chi connectivity index (χ1n) is 6.62. The summed E-state index contributed by atoms with van der Waals surface area (Å²) < 4.78 is 1.03. The van der Waals surface area contributed by atoms with Gasteiger partial charge in [0.25, 0.3) is 0 Å². The van der Waals surface area contributed by atoms with Crippen molar-refractivity contribution in [1.82, 2.24) is 0 Å². The average Bonchev–Trinajstić information content (AvgIpc) is 2.90. The lowest BCUT2D eigenvalue weighted by molar-refractivity contribution is -0.116. The molecule has 0 aromatic heterocycles. The zero-order valence-corrected chi connectivity index (χ0v) is 12.6. The van der Waals surface area contributed by atoms with Gasteiger partial charge in [0.15, 0.2) is 0 Å². The molecule has 0 saturated carbocycles. The molecule has 2 aromatic carbocycles. The van der Waals surface area contributed by atoms with Gasteiger partial charge in [-0.05, 0) is 42.3 Å². The fourth-order valence-electron chi connectivity index (χ4n) is 2.44. The predicted molar refractivity (Wildman–Crippen MR) is 85.1 cm³/mol. The fraction of sp³-hybridized carbons (Fsp3) is 0.188. The maximum absolute atomic E-state index is 12.3. The molecule has 0 unspecified atom stereocenters. The molecule has 102 valence electrons. The zero-order valence-electron chi connectivity index (χ0n) is 11.0. The number of rotatable bonds is 3. The van der Waals surface area contributed by atoms with Crippen LogP contribution in [0.4, 0.5) is 11.4 Å². The Kier molecular flexibility index (Phi) is 3.74. The van der Waals surface area contributed by atoms with Crippen molar-refractivity contribution in [3.63, 3.8) is 0 Å². The molecular formula is C16H15BrN2O. The zero-order chi connectivity index (χ0) is 13.9. The van der Waals surface area contributed by atoms with Crippen molar-refractivity contribution in [3.05, 3.63) is 58.6 Å². The van der Waals surface area contributed by atoms with E-state index in [4.69, 9.17) is 0 Å². The highest BCUT2D eigenvalue weighted by molar-refractivity contribution is 9.10. The van der Waals surface area contributed by atoms with Gasteiger partial charge in [0.1, 0.15) is 0 Å². The van der Waals surface area contributed by atoms with Crippen LogP contribution >= 0.6 is 15.9 Å². The number of para-hydroxylation sites is 1. The summed E-state index contributed by atoms with van der Waals surface area (Å²) in [4.78, 5) is 14.2. The van der Waals surface area contributed by atoms with Gasteiger partial charge in [-0.3, -0.25) is 4.79 Å². The van der Waals surface area contributed by atoms with Crippen LogP contribution in [-0.4, -0.2) is 19.0 Å². The number of amides is 1. The normalized spacial score (nSPS) is 13.2. The van der Waals surface area contributed by atoms with E-state index in [2.05, 4.69) is 27.3 Å². The number of benzene rings is 2. The van der Waals surface area contributed by atoms with Crippen LogP contribution in [0.5, 0.6) is 0 Å². The lowest BCUT2D eigenvalue weighted by atomic mass is 10.2. The number of carbonyl (C=O) groups excluding carboxylic acids is 1. The van der Waals surface area contributed by atoms with Crippen LogP contribution in [0.3, 0.4) is 0 Å². The van der Waals surface area contributed by atoms with Gasteiger partial charge in [0.2, 0.25) is 5.91 Å². The van der Waals surface area contributed by atoms with E-state index in [1.54, 1.807) is 0 Å². The van der Waals surface area contributed by atoms with E-state index >= 15 is 0 Å². The molecule has 3 rings (SSSR count). The molecule has 1 heterocycles. The number of anilines is 2. The highest BCUT2D eigenvalue weighted by Gasteiger charge is 2.23. The van der Waals surface area contributed by atoms with Crippen molar-refractivity contribution in [2.45, 2.75) is 6.42 Å². The lowest BCUT2D eigenvalue weighted by Crippen LogP contribution is -2.34. The number of carbonyl (C=O) groups is 1. The second kappa shape index (κ2) is 5.67. The Morgan fingerprint density at radius 1 is 1.15 bits per heavy atom. The van der Waals surface area contributed by atoms with Gasteiger partial charge in [0.05, 0.1) is 6.54 Å². The minimum absolute atomic E-state index is 0.109. The van der Waals surface area contributed by atoms with Crippen molar-refractivity contribution >= 4 is 33.2 Å². The van der Waals surface area contributed by atoms with Gasteiger partial charge in [-0.15, -0.1) is 0 Å². The Balaban J connectivity index is 1.65. The van der Waals surface area contributed by atoms with E-state index in [-0.39, 0.29) is 5.91 Å². The number of halogens is 1. The van der Waals surface area contributed by atoms with Crippen LogP contribution in [0.2, 0.25) is 0 Å². The molecular weight excluding hydrogens is 316 g/mol. The van der Waals surface area contributed by atoms with Crippen LogP contribution in [0.1, 0.15) is 5.56 Å². The Morgan fingerprint density at radius 2 is 1.90 bits per heavy atom. The standard InChI is InChI=1S/C16H15BrN2O/c17-13-5-7-14(8-6-13)18-11-16(20)19-10-9-12-3-1-2-4-15(12)19/h1-8,18H,9-11H2. The topological polar surface area (TPSA) is 32.3 Å². The van der Waals surface area contributed by atoms with Crippen molar-refractivity contribution in [2.75, 3.05) is 23.3 Å². The highest BCUT2D eigenvalue weighted by atomic mass is 79.9. The van der Waals surface area contributed by atoms with Crippen molar-refractivity contribution in [1.29, 1.82) is 0 Å². The summed E-state index contributed by atoms with van der Waals surface area (Å²) in [6.45, 7) is 1.09. The number of nitrogens with zero attached hydrogens (tertiary/aromatic N) is 1. The van der Waals surface area contributed by atoms with E-state index in [1.807, 2.05) is 47.4 Å². The highest BCUT2D eigenvalue weighted by Crippen LogP contribution is 2.27. The van der Waals surface area contributed by atoms with Gasteiger partial charge in [-0.25, -0.2) is 0 Å². The molecule has 0 fully saturated rings. The van der Waals surface area contributed by atoms with E-state index < -0.39 is 0 Å². The van der Waals surface area contributed by atoms with Gasteiger partial charge in [-0.1, -0.05) is 34.1 Å². The molecule has 0 atom stereocenters. The molecule has 4 heteroatoms. The SMILES string of the molecule is O=C(CNc1ccc(Br)cc1)N1CCc2ccccc21. The first kappa shape index (κ1) is 13.2. The maximum atomic E-state index is 12.3. The number of hydrogen-bond donors (Lipinski definition) is 1. The Hall–Kier alpha value is -1.81. The Morgan fingerprint density at radius 3 is 2.70 bits per heavy atom. The molecule has 0 saturated heterocycles. The maximum Gasteiger partial charge on any atom is 0.246 e. The molecule has 0 bridgehead atoms. The summed E-state index contributed by atoms with van der Waals surface area (Å²) in [6.07, 6.45) is 0.945. The Bertz CT molecular complexity index is 625. The molecule has 2 aromatic rings. The average molecular weight is 331 g/mol. The van der Waals surface area contributed by atoms with E-state index in [9.17, 15) is 4.79 Å². The molecule has 1 amide bonds. The second-order valence-corrected chi connectivity index (χ2v) is 5.70. The van der Waals surface area contributed by atoms with Gasteiger partial charge < -0.3 is 10.2 Å². The summed E-state index contributed by atoms with van der Waals surface area (Å²) in [7, 11) is 0. The molecule has 3 nitrogen and oxygen atoms in total. The number of nitrogens with one attached hydrogen (secondary N) is 1. The summed E-state index contributed by atoms with van der Waals surface area (Å²) in [5.41, 5.74) is 3.26. The largest absolute Gasteiger partial charge is 0.376 e. The minimum atomic E-state index is 0.109. The molecule has 20 heavy (non-hydrogen) atoms. The molecule has 0 aliphatic carbocycles. The molecule has 1 aliphatic heterocycles. The summed E-state index contributed by atoms with van der Waals surface area (Å²) in [5.74, 6) is 0.109. The smallest absolute Gasteiger partial charge is 0.246 e. The predicted octanol–water partition coefficient (Wildman–Crippen LogP) is 3.45. The van der Waals surface area contributed by atoms with Crippen LogP contribution in [0.15, 0.2) is 53.0 Å². The van der Waals surface area contributed by atoms with Crippen LogP contribution < -0.4 is 10.2 Å². The first-order valence-corrected chi connectivity index (χ1v) is 7.41. The number of hydrogen-bond acceptors (Lipinski definition) is 2. The van der Waals surface area contributed by atoms with Crippen LogP contribution in [0, 0.1) is 0 Å². The van der Waals surface area contributed by atoms with E-state index in [0.717, 1.165) is 28.8 Å². The van der Waals surface area contributed by atoms with Crippen LogP contribution in [0.25, 0.3) is 0 Å². The van der Waals surface area contributed by atoms with Gasteiger partial charge in [-0.2, -0.15) is 0 Å². The molecule has 0 radical (unpaired) electrons. The third kappa shape index (κ3) is 2.70. The van der Waals surface area contributed by atoms with Crippen LogP contribution in [-0.2, 0) is 11.2 Å². The molecule has 1 aliphatic rings. The third-order valence-electron chi connectivity index (χ3n) is 3.48. The van der Waals surface area contributed by atoms with E-state index in [0.29, 0.717) is 6.54 Å². The van der Waals surface area contributed by atoms with Gasteiger partial charge >= 0.3 is 0 Å². The summed E-state index contributed by atoms with van der Waals surface area (Å²) in [5, 5.41) is 3.17. The molecule has 1 N–H and O–H groups in total. The second-order valence-electron chi connectivity index (χ2n) is 4.78. The summed E-state index contributed by atoms with van der Waals surface area (Å²) in [6, 6.07) is 15.9. The summed E-state index contributed by atoms with van der Waals surface area (Å²) >= 11 is 3.39. The van der Waals surface area contributed by atoms with Crippen molar-refractivity contribution in [2.24, 2.45) is 0 Å². The monoisotopic (exact) mass is 330 g/mol. The Labute approximate surface area is 126 Å². The first-order chi connectivity index (χ1) is 9.74. The van der Waals surface area contributed by atoms with E-state index in [1.165, 1.54) is 5.56 Å².